The van der Waals surface area contributed by atoms with Crippen LogP contribution in [0.1, 0.15) is 38.5 Å². The lowest BCUT2D eigenvalue weighted by Crippen LogP contribution is -2.42. The lowest BCUT2D eigenvalue weighted by molar-refractivity contribution is 0.00933. The van der Waals surface area contributed by atoms with Crippen LogP contribution in [0.4, 0.5) is 10.5 Å². The van der Waals surface area contributed by atoms with Gasteiger partial charge < -0.3 is 20.4 Å². The van der Waals surface area contributed by atoms with E-state index in [-0.39, 0.29) is 18.0 Å². The molecular weight excluding hydrogens is 308 g/mol. The number of likely N-dealkylation sites (tertiary alicyclic amines) is 1. The summed E-state index contributed by atoms with van der Waals surface area (Å²) in [6.07, 6.45) is 8.36. The third-order valence-corrected chi connectivity index (χ3v) is 5.82. The van der Waals surface area contributed by atoms with Gasteiger partial charge in [0.2, 0.25) is 0 Å². The van der Waals surface area contributed by atoms with E-state index in [2.05, 4.69) is 10.4 Å². The number of hydrogen-bond acceptors (Lipinski definition) is 4. The number of amides is 2. The molecule has 7 heteroatoms. The molecule has 24 heavy (non-hydrogen) atoms. The molecule has 1 aromatic heterocycles. The second-order valence-corrected chi connectivity index (χ2v) is 7.90. The van der Waals surface area contributed by atoms with Crippen molar-refractivity contribution in [2.75, 3.05) is 18.4 Å². The van der Waals surface area contributed by atoms with E-state index in [0.29, 0.717) is 24.6 Å². The van der Waals surface area contributed by atoms with Gasteiger partial charge in [0.05, 0.1) is 30.6 Å². The molecule has 3 fully saturated rings. The number of aliphatic hydroxyl groups is 2. The summed E-state index contributed by atoms with van der Waals surface area (Å²) >= 11 is 0. The van der Waals surface area contributed by atoms with E-state index in [0.717, 1.165) is 19.4 Å². The minimum absolute atomic E-state index is 0.00262. The molecule has 4 rings (SSSR count). The van der Waals surface area contributed by atoms with Crippen LogP contribution in [0.15, 0.2) is 12.4 Å². The van der Waals surface area contributed by atoms with E-state index in [9.17, 15) is 15.0 Å². The normalized spacial score (nSPS) is 29.2. The van der Waals surface area contributed by atoms with E-state index in [1.807, 2.05) is 10.9 Å². The van der Waals surface area contributed by atoms with Crippen LogP contribution in [-0.2, 0) is 6.54 Å². The van der Waals surface area contributed by atoms with Crippen LogP contribution < -0.4 is 5.32 Å². The molecule has 7 nitrogen and oxygen atoms in total. The summed E-state index contributed by atoms with van der Waals surface area (Å²) in [5.41, 5.74) is 0.686. The summed E-state index contributed by atoms with van der Waals surface area (Å²) in [4.78, 5) is 14.2. The average Bonchev–Trinajstić information content (AvgIpc) is 3.13. The van der Waals surface area contributed by atoms with Crippen LogP contribution in [0.25, 0.3) is 0 Å². The fraction of sp³-hybridized carbons (Fsp3) is 0.765. The molecule has 0 radical (unpaired) electrons. The van der Waals surface area contributed by atoms with Crippen LogP contribution >= 0.6 is 0 Å². The molecule has 2 aliphatic carbocycles. The van der Waals surface area contributed by atoms with Crippen LogP contribution in [0.5, 0.6) is 0 Å². The lowest BCUT2D eigenvalue weighted by Gasteiger charge is -2.25. The van der Waals surface area contributed by atoms with E-state index >= 15 is 0 Å². The number of aliphatic hydroxyl groups excluding tert-OH is 2. The minimum atomic E-state index is -0.878. The monoisotopic (exact) mass is 334 g/mol. The van der Waals surface area contributed by atoms with Gasteiger partial charge in [-0.3, -0.25) is 4.68 Å². The van der Waals surface area contributed by atoms with Gasteiger partial charge in [-0.15, -0.1) is 0 Å². The van der Waals surface area contributed by atoms with Crippen molar-refractivity contribution in [2.24, 2.45) is 11.3 Å². The minimum Gasteiger partial charge on any atom is -0.390 e. The van der Waals surface area contributed by atoms with Gasteiger partial charge in [-0.1, -0.05) is 6.42 Å². The third kappa shape index (κ3) is 3.28. The molecule has 2 atom stereocenters. The fourth-order valence-corrected chi connectivity index (χ4v) is 3.83. The molecule has 1 saturated heterocycles. The maximum Gasteiger partial charge on any atom is 0.322 e. The number of nitrogens with one attached hydrogen (secondary N) is 1. The molecule has 3 aliphatic rings. The second kappa shape index (κ2) is 6.04. The molecule has 2 amide bonds. The predicted octanol–water partition coefficient (Wildman–Crippen LogP) is 1.42. The zero-order chi connectivity index (χ0) is 16.7. The number of nitrogens with zero attached hydrogens (tertiary/aromatic N) is 3. The second-order valence-electron chi connectivity index (χ2n) is 7.90. The largest absolute Gasteiger partial charge is 0.390 e. The Kier molecular flexibility index (Phi) is 4.00. The Morgan fingerprint density at radius 3 is 2.79 bits per heavy atom. The first-order valence-electron chi connectivity index (χ1n) is 8.98. The van der Waals surface area contributed by atoms with Crippen LogP contribution in [0.2, 0.25) is 0 Å². The summed E-state index contributed by atoms with van der Waals surface area (Å²) in [6.45, 7) is 1.68. The van der Waals surface area contributed by atoms with Gasteiger partial charge in [0.15, 0.2) is 0 Å². The average molecular weight is 334 g/mol. The molecule has 0 bridgehead atoms. The van der Waals surface area contributed by atoms with E-state index in [4.69, 9.17) is 0 Å². The summed E-state index contributed by atoms with van der Waals surface area (Å²) < 4.78 is 1.89. The van der Waals surface area contributed by atoms with Gasteiger partial charge >= 0.3 is 6.03 Å². The van der Waals surface area contributed by atoms with Crippen molar-refractivity contribution in [1.82, 2.24) is 14.7 Å². The van der Waals surface area contributed by atoms with Crippen molar-refractivity contribution in [3.8, 4) is 0 Å². The first-order chi connectivity index (χ1) is 11.5. The number of anilines is 1. The molecule has 1 aliphatic heterocycles. The summed E-state index contributed by atoms with van der Waals surface area (Å²) in [5, 5.41) is 27.3. The van der Waals surface area contributed by atoms with Gasteiger partial charge in [0.25, 0.3) is 0 Å². The maximum absolute atomic E-state index is 12.6. The van der Waals surface area contributed by atoms with Crippen LogP contribution in [-0.4, -0.2) is 56.2 Å². The summed E-state index contributed by atoms with van der Waals surface area (Å²) in [6, 6.07) is -0.224. The Balaban J connectivity index is 1.38. The third-order valence-electron chi connectivity index (χ3n) is 5.82. The van der Waals surface area contributed by atoms with Crippen LogP contribution in [0.3, 0.4) is 0 Å². The number of β-amino-alcohol motifs (C(OH)–C–C–N with tert-alkyl or cyclic N) is 1. The van der Waals surface area contributed by atoms with Crippen molar-refractivity contribution in [3.63, 3.8) is 0 Å². The van der Waals surface area contributed by atoms with Gasteiger partial charge in [0.1, 0.15) is 0 Å². The zero-order valence-electron chi connectivity index (χ0n) is 13.9. The first-order valence-corrected chi connectivity index (χ1v) is 8.98. The number of carbonyl (C=O) groups excluding carboxylic acids is 1. The highest BCUT2D eigenvalue weighted by atomic mass is 16.3. The van der Waals surface area contributed by atoms with E-state index < -0.39 is 12.2 Å². The van der Waals surface area contributed by atoms with Crippen molar-refractivity contribution >= 4 is 11.7 Å². The molecule has 1 aromatic rings. The SMILES string of the molecule is O=C(Nc1cnn(CC2CCC2)c1)N1C[C@@H](O)[C@@H](O)CC2(CC2)C1. The van der Waals surface area contributed by atoms with Crippen molar-refractivity contribution in [2.45, 2.75) is 57.3 Å². The van der Waals surface area contributed by atoms with Crippen molar-refractivity contribution in [3.05, 3.63) is 12.4 Å². The molecule has 0 unspecified atom stereocenters. The Hall–Kier alpha value is -1.60. The van der Waals surface area contributed by atoms with E-state index in [1.54, 1.807) is 11.1 Å². The molecule has 132 valence electrons. The van der Waals surface area contributed by atoms with E-state index in [1.165, 1.54) is 19.3 Å². The van der Waals surface area contributed by atoms with Gasteiger partial charge in [-0.05, 0) is 43.4 Å². The highest BCUT2D eigenvalue weighted by Crippen LogP contribution is 2.51. The van der Waals surface area contributed by atoms with Crippen LogP contribution in [0, 0.1) is 11.3 Å². The molecule has 1 spiro atoms. The lowest BCUT2D eigenvalue weighted by atomic mass is 9.85. The standard InChI is InChI=1S/C17H26N4O3/c22-14-6-17(4-5-17)11-20(10-15(14)23)16(24)19-13-7-18-21(9-13)8-12-2-1-3-12/h7,9,12,14-15,22-23H,1-6,8,10-11H2,(H,19,24)/t14-,15+/m0/s1. The zero-order valence-corrected chi connectivity index (χ0v) is 13.9. The van der Waals surface area contributed by atoms with Crippen molar-refractivity contribution < 1.29 is 15.0 Å². The maximum atomic E-state index is 12.6. The Morgan fingerprint density at radius 1 is 1.33 bits per heavy atom. The highest BCUT2D eigenvalue weighted by molar-refractivity contribution is 5.89. The number of rotatable bonds is 3. The van der Waals surface area contributed by atoms with Gasteiger partial charge in [-0.2, -0.15) is 5.10 Å². The number of aromatic nitrogens is 2. The molecule has 2 saturated carbocycles. The number of urea groups is 1. The Labute approximate surface area is 141 Å². The topological polar surface area (TPSA) is 90.6 Å². The van der Waals surface area contributed by atoms with Gasteiger partial charge in [0, 0.05) is 19.3 Å². The molecule has 3 N–H and O–H groups in total. The summed E-state index contributed by atoms with van der Waals surface area (Å²) in [7, 11) is 0. The Morgan fingerprint density at radius 2 is 2.12 bits per heavy atom. The molecule has 2 heterocycles. The molecule has 0 aromatic carbocycles. The molecular formula is C17H26N4O3. The summed E-state index contributed by atoms with van der Waals surface area (Å²) in [5.74, 6) is 0.713. The fourth-order valence-electron chi connectivity index (χ4n) is 3.83. The highest BCUT2D eigenvalue weighted by Gasteiger charge is 2.49. The predicted molar refractivity (Wildman–Crippen MR) is 88.5 cm³/mol. The quantitative estimate of drug-likeness (QED) is 0.780. The first kappa shape index (κ1) is 15.9. The number of hydrogen-bond donors (Lipinski definition) is 3. The number of carbonyl (C=O) groups is 1. The Bertz CT molecular complexity index is 609. The van der Waals surface area contributed by atoms with Crippen molar-refractivity contribution in [1.29, 1.82) is 0 Å². The smallest absolute Gasteiger partial charge is 0.322 e. The van der Waals surface area contributed by atoms with Gasteiger partial charge in [-0.25, -0.2) is 4.79 Å².